The highest BCUT2D eigenvalue weighted by Gasteiger charge is 2.19. The molecule has 0 spiro atoms. The molecule has 0 heterocycles. The second-order valence-electron chi connectivity index (χ2n) is 15.3. The summed E-state index contributed by atoms with van der Waals surface area (Å²) in [6.07, 6.45) is 53.8. The highest BCUT2D eigenvalue weighted by atomic mass is 16.6. The zero-order valence-corrected chi connectivity index (χ0v) is 36.6. The summed E-state index contributed by atoms with van der Waals surface area (Å²) >= 11 is 0. The van der Waals surface area contributed by atoms with Gasteiger partial charge in [-0.05, 0) is 57.8 Å². The van der Waals surface area contributed by atoms with Crippen molar-refractivity contribution in [3.63, 3.8) is 0 Å². The molecule has 6 heteroatoms. The summed E-state index contributed by atoms with van der Waals surface area (Å²) in [4.78, 5) is 37.6. The highest BCUT2D eigenvalue weighted by molar-refractivity contribution is 5.72. The molecular weight excluding hydrogens is 697 g/mol. The van der Waals surface area contributed by atoms with Crippen LogP contribution in [0, 0.1) is 0 Å². The van der Waals surface area contributed by atoms with E-state index in [1.54, 1.807) is 6.08 Å². The maximum absolute atomic E-state index is 12.7. The Kier molecular flexibility index (Phi) is 42.5. The molecule has 0 aliphatic carbocycles. The third-order valence-corrected chi connectivity index (χ3v) is 9.82. The average Bonchev–Trinajstić information content (AvgIpc) is 3.19. The van der Waals surface area contributed by atoms with E-state index in [4.69, 9.17) is 14.2 Å². The second-order valence-corrected chi connectivity index (χ2v) is 15.3. The quantitative estimate of drug-likeness (QED) is 0.0202. The summed E-state index contributed by atoms with van der Waals surface area (Å²) in [6.45, 7) is 6.39. The van der Waals surface area contributed by atoms with Crippen LogP contribution in [-0.2, 0) is 28.6 Å². The molecule has 56 heavy (non-hydrogen) atoms. The molecule has 0 amide bonds. The lowest BCUT2D eigenvalue weighted by molar-refractivity contribution is -0.166. The van der Waals surface area contributed by atoms with Crippen molar-refractivity contribution in [3.8, 4) is 0 Å². The summed E-state index contributed by atoms with van der Waals surface area (Å²) in [5, 5.41) is 0. The van der Waals surface area contributed by atoms with Gasteiger partial charge in [0.15, 0.2) is 6.10 Å². The SMILES string of the molecule is CC/C=C\C/C=C\C/C=C\CC(=O)OCC(COC(=O)CCCCCCC/C=C\C=C/CCCCCCCCC)OC(=O)CCCCCCCCCCCCC. The monoisotopic (exact) mass is 783 g/mol. The molecule has 0 aliphatic rings. The zero-order chi connectivity index (χ0) is 40.8. The molecule has 0 rings (SSSR count). The van der Waals surface area contributed by atoms with E-state index in [1.165, 1.54) is 103 Å². The Morgan fingerprint density at radius 3 is 1.29 bits per heavy atom. The van der Waals surface area contributed by atoms with Crippen molar-refractivity contribution >= 4 is 17.9 Å². The van der Waals surface area contributed by atoms with Crippen molar-refractivity contribution in [2.75, 3.05) is 13.2 Å². The van der Waals surface area contributed by atoms with Crippen LogP contribution in [0.15, 0.2) is 60.8 Å². The number of hydrogen-bond donors (Lipinski definition) is 0. The summed E-state index contributed by atoms with van der Waals surface area (Å²) in [5.74, 6) is -1.05. The molecule has 0 aromatic heterocycles. The minimum absolute atomic E-state index is 0.108. The zero-order valence-electron chi connectivity index (χ0n) is 36.6. The van der Waals surface area contributed by atoms with Gasteiger partial charge < -0.3 is 14.2 Å². The maximum atomic E-state index is 12.7. The van der Waals surface area contributed by atoms with Crippen LogP contribution in [0.5, 0.6) is 0 Å². The van der Waals surface area contributed by atoms with Gasteiger partial charge in [0.05, 0.1) is 6.42 Å². The second kappa shape index (κ2) is 44.8. The standard InChI is InChI=1S/C50H86O6/c1-4-7-10-13-16-19-21-22-23-24-25-26-27-29-31-34-37-40-43-49(52)55-46-47(45-54-48(51)42-39-36-33-30-18-15-12-9-6-3)56-50(53)44-41-38-35-32-28-20-17-14-11-8-5-2/h9,12,18,23-26,30,36,39,47H,4-8,10-11,13-17,19-22,27-29,31-35,37-38,40-46H2,1-3H3/b12-9-,24-23-,26-25-,30-18-,39-36-. The van der Waals surface area contributed by atoms with Gasteiger partial charge in [-0.2, -0.15) is 0 Å². The fourth-order valence-electron chi connectivity index (χ4n) is 6.32. The van der Waals surface area contributed by atoms with Gasteiger partial charge in [0.1, 0.15) is 13.2 Å². The first-order chi connectivity index (χ1) is 27.5. The van der Waals surface area contributed by atoms with Crippen molar-refractivity contribution in [2.24, 2.45) is 0 Å². The van der Waals surface area contributed by atoms with Crippen LogP contribution in [0.2, 0.25) is 0 Å². The molecule has 0 bridgehead atoms. The summed E-state index contributed by atoms with van der Waals surface area (Å²) in [5.41, 5.74) is 0. The van der Waals surface area contributed by atoms with Gasteiger partial charge in [-0.3, -0.25) is 14.4 Å². The molecule has 0 N–H and O–H groups in total. The fraction of sp³-hybridized carbons (Fsp3) is 0.740. The van der Waals surface area contributed by atoms with Crippen LogP contribution in [0.3, 0.4) is 0 Å². The molecular formula is C50H86O6. The van der Waals surface area contributed by atoms with Crippen molar-refractivity contribution in [2.45, 2.75) is 226 Å². The first-order valence-electron chi connectivity index (χ1n) is 23.3. The number of esters is 3. The lowest BCUT2D eigenvalue weighted by Gasteiger charge is -2.18. The van der Waals surface area contributed by atoms with E-state index in [9.17, 15) is 14.4 Å². The fourth-order valence-corrected chi connectivity index (χ4v) is 6.32. The minimum Gasteiger partial charge on any atom is -0.462 e. The van der Waals surface area contributed by atoms with Crippen LogP contribution in [0.25, 0.3) is 0 Å². The predicted octanol–water partition coefficient (Wildman–Crippen LogP) is 14.9. The molecule has 6 nitrogen and oxygen atoms in total. The van der Waals surface area contributed by atoms with Gasteiger partial charge in [0.25, 0.3) is 0 Å². The molecule has 322 valence electrons. The Morgan fingerprint density at radius 1 is 0.411 bits per heavy atom. The highest BCUT2D eigenvalue weighted by Crippen LogP contribution is 2.14. The van der Waals surface area contributed by atoms with Crippen molar-refractivity contribution in [1.29, 1.82) is 0 Å². The van der Waals surface area contributed by atoms with Gasteiger partial charge in [0, 0.05) is 12.8 Å². The predicted molar refractivity (Wildman–Crippen MR) is 238 cm³/mol. The maximum Gasteiger partial charge on any atom is 0.309 e. The van der Waals surface area contributed by atoms with E-state index < -0.39 is 12.1 Å². The molecule has 0 saturated heterocycles. The van der Waals surface area contributed by atoms with Crippen LogP contribution >= 0.6 is 0 Å². The number of rotatable bonds is 41. The summed E-state index contributed by atoms with van der Waals surface area (Å²) in [7, 11) is 0. The van der Waals surface area contributed by atoms with Crippen LogP contribution in [0.4, 0.5) is 0 Å². The van der Waals surface area contributed by atoms with E-state index in [1.807, 2.05) is 6.08 Å². The van der Waals surface area contributed by atoms with Crippen molar-refractivity contribution in [3.05, 3.63) is 60.8 Å². The van der Waals surface area contributed by atoms with Gasteiger partial charge in [-0.1, -0.05) is 204 Å². The molecule has 0 saturated carbocycles. The molecule has 0 aromatic carbocycles. The Balaban J connectivity index is 4.39. The Labute approximate surface area is 345 Å². The van der Waals surface area contributed by atoms with Crippen LogP contribution < -0.4 is 0 Å². The van der Waals surface area contributed by atoms with Gasteiger partial charge in [-0.25, -0.2) is 0 Å². The molecule has 1 unspecified atom stereocenters. The number of allylic oxidation sites excluding steroid dienone is 9. The number of unbranched alkanes of at least 4 members (excludes halogenated alkanes) is 22. The molecule has 0 aromatic rings. The third-order valence-electron chi connectivity index (χ3n) is 9.82. The average molecular weight is 783 g/mol. The van der Waals surface area contributed by atoms with Crippen LogP contribution in [-0.4, -0.2) is 37.2 Å². The Hall–Kier alpha value is -2.89. The summed E-state index contributed by atoms with van der Waals surface area (Å²) in [6, 6.07) is 0. The third kappa shape index (κ3) is 42.3. The Morgan fingerprint density at radius 2 is 0.804 bits per heavy atom. The molecule has 0 radical (unpaired) electrons. The van der Waals surface area contributed by atoms with Crippen molar-refractivity contribution in [1.82, 2.24) is 0 Å². The van der Waals surface area contributed by atoms with Gasteiger partial charge in [-0.15, -0.1) is 0 Å². The minimum atomic E-state index is -0.811. The lowest BCUT2D eigenvalue weighted by atomic mass is 10.1. The van der Waals surface area contributed by atoms with Gasteiger partial charge in [0.2, 0.25) is 0 Å². The summed E-state index contributed by atoms with van der Waals surface area (Å²) < 4.78 is 16.6. The first kappa shape index (κ1) is 53.1. The van der Waals surface area contributed by atoms with E-state index in [0.29, 0.717) is 12.8 Å². The molecule has 0 fully saturated rings. The topological polar surface area (TPSA) is 78.9 Å². The number of carbonyl (C=O) groups is 3. The number of hydrogen-bond acceptors (Lipinski definition) is 6. The lowest BCUT2D eigenvalue weighted by Crippen LogP contribution is -2.30. The smallest absolute Gasteiger partial charge is 0.309 e. The van der Waals surface area contributed by atoms with E-state index in [-0.39, 0.29) is 31.6 Å². The number of carbonyl (C=O) groups excluding carboxylic acids is 3. The van der Waals surface area contributed by atoms with E-state index >= 15 is 0 Å². The first-order valence-corrected chi connectivity index (χ1v) is 23.3. The van der Waals surface area contributed by atoms with E-state index in [2.05, 4.69) is 69.4 Å². The van der Waals surface area contributed by atoms with Gasteiger partial charge >= 0.3 is 17.9 Å². The van der Waals surface area contributed by atoms with Crippen molar-refractivity contribution < 1.29 is 28.6 Å². The largest absolute Gasteiger partial charge is 0.462 e. The van der Waals surface area contributed by atoms with Crippen LogP contribution in [0.1, 0.15) is 220 Å². The molecule has 1 atom stereocenters. The Bertz CT molecular complexity index is 1040. The van der Waals surface area contributed by atoms with E-state index in [0.717, 1.165) is 77.0 Å². The normalized spacial score (nSPS) is 12.6. The molecule has 0 aliphatic heterocycles. The number of ether oxygens (including phenoxy) is 3.